The molecule has 0 atom stereocenters. The van der Waals surface area contributed by atoms with Crippen LogP contribution in [0.2, 0.25) is 0 Å². The molecular formula is C27H35N5O3. The lowest BCUT2D eigenvalue weighted by Crippen LogP contribution is -2.49. The first-order valence-corrected chi connectivity index (χ1v) is 12.3. The number of piperazine rings is 1. The van der Waals surface area contributed by atoms with E-state index in [4.69, 9.17) is 9.26 Å². The Hall–Kier alpha value is -3.23. The molecule has 2 aromatic carbocycles. The minimum Gasteiger partial charge on any atom is -0.497 e. The SMILES string of the molecule is COc1ccc(-c2noc(CN3CCN(CC(=O)NCCc4ccc(C(C)C)cc4)CC3)n2)cc1. The molecule has 4 rings (SSSR count). The number of carbonyl (C=O) groups excluding carboxylic acids is 1. The first-order valence-electron chi connectivity index (χ1n) is 12.3. The third kappa shape index (κ3) is 7.13. The Morgan fingerprint density at radius 3 is 2.37 bits per heavy atom. The van der Waals surface area contributed by atoms with Gasteiger partial charge in [0.1, 0.15) is 5.75 Å². The zero-order valence-corrected chi connectivity index (χ0v) is 20.9. The summed E-state index contributed by atoms with van der Waals surface area (Å²) in [5.74, 6) is 2.59. The molecule has 0 bridgehead atoms. The molecule has 2 heterocycles. The highest BCUT2D eigenvalue weighted by molar-refractivity contribution is 5.78. The molecule has 0 unspecified atom stereocenters. The average molecular weight is 478 g/mol. The molecule has 3 aromatic rings. The fourth-order valence-corrected chi connectivity index (χ4v) is 4.15. The molecule has 8 heteroatoms. The van der Waals surface area contributed by atoms with Gasteiger partial charge in [0.2, 0.25) is 17.6 Å². The van der Waals surface area contributed by atoms with E-state index in [0.29, 0.717) is 37.3 Å². The van der Waals surface area contributed by atoms with Crippen LogP contribution in [0.1, 0.15) is 36.8 Å². The van der Waals surface area contributed by atoms with Gasteiger partial charge in [0.05, 0.1) is 20.2 Å². The highest BCUT2D eigenvalue weighted by Gasteiger charge is 2.21. The summed E-state index contributed by atoms with van der Waals surface area (Å²) >= 11 is 0. The average Bonchev–Trinajstić information content (AvgIpc) is 3.34. The highest BCUT2D eigenvalue weighted by atomic mass is 16.5. The molecule has 1 fully saturated rings. The standard InChI is InChI=1S/C27H35N5O3/c1-20(2)22-6-4-21(5-7-22)12-13-28-25(33)18-31-14-16-32(17-15-31)19-26-29-27(30-35-26)23-8-10-24(34-3)11-9-23/h4-11,20H,12-19H2,1-3H3,(H,28,33). The van der Waals surface area contributed by atoms with E-state index in [-0.39, 0.29) is 5.91 Å². The zero-order chi connectivity index (χ0) is 24.6. The number of benzene rings is 2. The summed E-state index contributed by atoms with van der Waals surface area (Å²) in [6.45, 7) is 9.48. The Morgan fingerprint density at radius 2 is 1.71 bits per heavy atom. The second kappa shape index (κ2) is 12.0. The topological polar surface area (TPSA) is 83.7 Å². The minimum atomic E-state index is 0.0817. The lowest BCUT2D eigenvalue weighted by atomic mass is 10.0. The van der Waals surface area contributed by atoms with Gasteiger partial charge >= 0.3 is 0 Å². The van der Waals surface area contributed by atoms with E-state index in [9.17, 15) is 4.79 Å². The maximum atomic E-state index is 12.4. The van der Waals surface area contributed by atoms with Crippen molar-refractivity contribution in [1.82, 2.24) is 25.3 Å². The maximum absolute atomic E-state index is 12.4. The maximum Gasteiger partial charge on any atom is 0.241 e. The number of methoxy groups -OCH3 is 1. The van der Waals surface area contributed by atoms with Gasteiger partial charge in [0.15, 0.2) is 0 Å². The summed E-state index contributed by atoms with van der Waals surface area (Å²) < 4.78 is 10.6. The molecule has 0 aliphatic carbocycles. The molecule has 0 radical (unpaired) electrons. The van der Waals surface area contributed by atoms with Crippen molar-refractivity contribution in [1.29, 1.82) is 0 Å². The lowest BCUT2D eigenvalue weighted by molar-refractivity contribution is -0.122. The van der Waals surface area contributed by atoms with E-state index in [1.807, 2.05) is 24.3 Å². The van der Waals surface area contributed by atoms with Crippen molar-refractivity contribution >= 4 is 5.91 Å². The van der Waals surface area contributed by atoms with E-state index in [0.717, 1.165) is 43.9 Å². The Balaban J connectivity index is 1.15. The lowest BCUT2D eigenvalue weighted by Gasteiger charge is -2.33. The molecular weight excluding hydrogens is 442 g/mol. The Morgan fingerprint density at radius 1 is 1.03 bits per heavy atom. The van der Waals surface area contributed by atoms with Crippen LogP contribution in [0.3, 0.4) is 0 Å². The summed E-state index contributed by atoms with van der Waals surface area (Å²) in [7, 11) is 1.64. The van der Waals surface area contributed by atoms with Gasteiger partial charge in [-0.1, -0.05) is 43.3 Å². The second-order valence-electron chi connectivity index (χ2n) is 9.29. The normalized spacial score (nSPS) is 14.9. The summed E-state index contributed by atoms with van der Waals surface area (Å²) in [5.41, 5.74) is 3.48. The Labute approximate surface area is 207 Å². The van der Waals surface area contributed by atoms with Crippen molar-refractivity contribution in [3.05, 3.63) is 65.5 Å². The van der Waals surface area contributed by atoms with Crippen LogP contribution < -0.4 is 10.1 Å². The summed E-state index contributed by atoms with van der Waals surface area (Å²) in [6.07, 6.45) is 0.848. The van der Waals surface area contributed by atoms with Crippen LogP contribution in [0.15, 0.2) is 53.1 Å². The molecule has 1 amide bonds. The number of carbonyl (C=O) groups is 1. The molecule has 1 N–H and O–H groups in total. The van der Waals surface area contributed by atoms with Crippen LogP contribution in [0, 0.1) is 0 Å². The van der Waals surface area contributed by atoms with E-state index >= 15 is 0 Å². The van der Waals surface area contributed by atoms with Gasteiger partial charge in [-0.25, -0.2) is 0 Å². The molecule has 0 spiro atoms. The fraction of sp³-hybridized carbons (Fsp3) is 0.444. The van der Waals surface area contributed by atoms with Gasteiger partial charge in [0, 0.05) is 38.3 Å². The van der Waals surface area contributed by atoms with Crippen LogP contribution in [0.25, 0.3) is 11.4 Å². The van der Waals surface area contributed by atoms with Gasteiger partial charge in [-0.3, -0.25) is 14.6 Å². The van der Waals surface area contributed by atoms with Crippen molar-refractivity contribution < 1.29 is 14.1 Å². The predicted octanol–water partition coefficient (Wildman–Crippen LogP) is 3.35. The minimum absolute atomic E-state index is 0.0817. The number of rotatable bonds is 10. The molecule has 1 aliphatic rings. The van der Waals surface area contributed by atoms with E-state index in [1.54, 1.807) is 7.11 Å². The number of aromatic nitrogens is 2. The Kier molecular flexibility index (Phi) is 8.50. The van der Waals surface area contributed by atoms with Crippen LogP contribution in [-0.2, 0) is 17.8 Å². The molecule has 186 valence electrons. The zero-order valence-electron chi connectivity index (χ0n) is 20.9. The number of hydrogen-bond donors (Lipinski definition) is 1. The number of nitrogens with zero attached hydrogens (tertiary/aromatic N) is 4. The summed E-state index contributed by atoms with van der Waals surface area (Å²) in [6, 6.07) is 16.3. The highest BCUT2D eigenvalue weighted by Crippen LogP contribution is 2.20. The van der Waals surface area contributed by atoms with E-state index in [2.05, 4.69) is 63.4 Å². The monoisotopic (exact) mass is 477 g/mol. The molecule has 0 saturated carbocycles. The van der Waals surface area contributed by atoms with Gasteiger partial charge in [0.25, 0.3) is 0 Å². The van der Waals surface area contributed by atoms with Crippen molar-refractivity contribution in [3.8, 4) is 17.1 Å². The van der Waals surface area contributed by atoms with E-state index < -0.39 is 0 Å². The predicted molar refractivity (Wildman–Crippen MR) is 135 cm³/mol. The Bertz CT molecular complexity index is 1070. The van der Waals surface area contributed by atoms with Crippen molar-refractivity contribution in [3.63, 3.8) is 0 Å². The van der Waals surface area contributed by atoms with Gasteiger partial charge in [-0.15, -0.1) is 0 Å². The van der Waals surface area contributed by atoms with Crippen molar-refractivity contribution in [2.45, 2.75) is 32.7 Å². The molecule has 1 aliphatic heterocycles. The van der Waals surface area contributed by atoms with E-state index in [1.165, 1.54) is 11.1 Å². The first-order chi connectivity index (χ1) is 17.0. The van der Waals surface area contributed by atoms with Crippen molar-refractivity contribution in [2.24, 2.45) is 0 Å². The van der Waals surface area contributed by atoms with Crippen LogP contribution >= 0.6 is 0 Å². The molecule has 1 aromatic heterocycles. The fourth-order valence-electron chi connectivity index (χ4n) is 4.15. The molecule has 35 heavy (non-hydrogen) atoms. The molecule has 8 nitrogen and oxygen atoms in total. The quantitative estimate of drug-likeness (QED) is 0.479. The number of nitrogens with one attached hydrogen (secondary N) is 1. The second-order valence-corrected chi connectivity index (χ2v) is 9.29. The summed E-state index contributed by atoms with van der Waals surface area (Å²) in [5, 5.41) is 7.16. The van der Waals surface area contributed by atoms with Crippen molar-refractivity contribution in [2.75, 3.05) is 46.4 Å². The smallest absolute Gasteiger partial charge is 0.241 e. The largest absolute Gasteiger partial charge is 0.497 e. The van der Waals surface area contributed by atoms with Gasteiger partial charge < -0.3 is 14.6 Å². The number of amides is 1. The third-order valence-electron chi connectivity index (χ3n) is 6.39. The number of hydrogen-bond acceptors (Lipinski definition) is 7. The third-order valence-corrected chi connectivity index (χ3v) is 6.39. The van der Waals surface area contributed by atoms with Gasteiger partial charge in [-0.2, -0.15) is 4.98 Å². The molecule has 1 saturated heterocycles. The van der Waals surface area contributed by atoms with Crippen LogP contribution in [0.5, 0.6) is 5.75 Å². The number of ether oxygens (including phenoxy) is 1. The van der Waals surface area contributed by atoms with Crippen LogP contribution in [0.4, 0.5) is 0 Å². The summed E-state index contributed by atoms with van der Waals surface area (Å²) in [4.78, 5) is 21.4. The van der Waals surface area contributed by atoms with Crippen LogP contribution in [-0.4, -0.2) is 72.2 Å². The first kappa shape index (κ1) is 24.9. The van der Waals surface area contributed by atoms with Gasteiger partial charge in [-0.05, 0) is 47.7 Å².